The fourth-order valence-corrected chi connectivity index (χ4v) is 4.19. The molecule has 0 aliphatic heterocycles. The van der Waals surface area contributed by atoms with Crippen LogP contribution in [0.1, 0.15) is 40.1 Å². The van der Waals surface area contributed by atoms with Crippen LogP contribution in [0.15, 0.2) is 77.7 Å². The van der Waals surface area contributed by atoms with Gasteiger partial charge >= 0.3 is 0 Å². The van der Waals surface area contributed by atoms with E-state index in [9.17, 15) is 22.4 Å². The first kappa shape index (κ1) is 22.3. The van der Waals surface area contributed by atoms with E-state index in [1.807, 2.05) is 0 Å². The molecule has 0 aromatic heterocycles. The largest absolute Gasteiger partial charge is 0.322 e. The highest BCUT2D eigenvalue weighted by Gasteiger charge is 2.20. The number of hydrogen-bond acceptors (Lipinski definition) is 4. The molecule has 2 N–H and O–H groups in total. The molecule has 31 heavy (non-hydrogen) atoms. The van der Waals surface area contributed by atoms with Gasteiger partial charge in [-0.1, -0.05) is 42.5 Å². The van der Waals surface area contributed by atoms with Crippen LogP contribution in [0.25, 0.3) is 0 Å². The van der Waals surface area contributed by atoms with Gasteiger partial charge in [0.1, 0.15) is 5.82 Å². The fraction of sp³-hybridized carbons (Fsp3) is 0.130. The summed E-state index contributed by atoms with van der Waals surface area (Å²) in [5.74, 6) is -1.92. The van der Waals surface area contributed by atoms with Crippen molar-refractivity contribution in [3.05, 3.63) is 95.3 Å². The molecular formula is C23H21FN2O4S. The zero-order valence-corrected chi connectivity index (χ0v) is 17.7. The summed E-state index contributed by atoms with van der Waals surface area (Å²) in [4.78, 5) is 25.0. The summed E-state index contributed by atoms with van der Waals surface area (Å²) in [5, 5.41) is 2.52. The van der Waals surface area contributed by atoms with Gasteiger partial charge in [-0.25, -0.2) is 17.5 Å². The first-order valence-corrected chi connectivity index (χ1v) is 11.0. The van der Waals surface area contributed by atoms with Crippen LogP contribution in [0.3, 0.4) is 0 Å². The van der Waals surface area contributed by atoms with Gasteiger partial charge in [-0.2, -0.15) is 0 Å². The molecule has 0 bridgehead atoms. The van der Waals surface area contributed by atoms with Crippen LogP contribution in [0, 0.1) is 5.82 Å². The van der Waals surface area contributed by atoms with Crippen molar-refractivity contribution in [2.24, 2.45) is 0 Å². The van der Waals surface area contributed by atoms with Crippen LogP contribution in [0.4, 0.5) is 10.1 Å². The van der Waals surface area contributed by atoms with Gasteiger partial charge in [-0.15, -0.1) is 0 Å². The molecule has 0 aliphatic rings. The molecule has 1 amide bonds. The molecule has 3 rings (SSSR count). The number of benzene rings is 3. The van der Waals surface area contributed by atoms with Crippen LogP contribution in [-0.4, -0.2) is 26.2 Å². The second kappa shape index (κ2) is 9.20. The SMILES string of the molecule is CC(C)NS(=O)(=O)c1ccc(F)c(C(=O)Nc2cccc(C(=O)c3ccccc3)c2)c1. The van der Waals surface area contributed by atoms with E-state index >= 15 is 0 Å². The lowest BCUT2D eigenvalue weighted by Gasteiger charge is -2.12. The topological polar surface area (TPSA) is 92.3 Å². The predicted octanol–water partition coefficient (Wildman–Crippen LogP) is 4.00. The zero-order chi connectivity index (χ0) is 22.6. The molecule has 0 unspecified atom stereocenters. The minimum atomic E-state index is -3.90. The van der Waals surface area contributed by atoms with Crippen LogP contribution in [-0.2, 0) is 10.0 Å². The van der Waals surface area contributed by atoms with E-state index in [1.54, 1.807) is 62.4 Å². The van der Waals surface area contributed by atoms with Gasteiger partial charge in [-0.3, -0.25) is 9.59 Å². The highest BCUT2D eigenvalue weighted by atomic mass is 32.2. The number of carbonyl (C=O) groups excluding carboxylic acids is 2. The molecule has 0 radical (unpaired) electrons. The molecule has 6 nitrogen and oxygen atoms in total. The van der Waals surface area contributed by atoms with Crippen molar-refractivity contribution in [2.45, 2.75) is 24.8 Å². The number of rotatable bonds is 7. The Kier molecular flexibility index (Phi) is 6.62. The quantitative estimate of drug-likeness (QED) is 0.543. The van der Waals surface area contributed by atoms with Crippen LogP contribution in [0.5, 0.6) is 0 Å². The van der Waals surface area contributed by atoms with E-state index in [1.165, 1.54) is 6.07 Å². The molecule has 3 aromatic rings. The normalized spacial score (nSPS) is 11.4. The molecule has 160 valence electrons. The van der Waals surface area contributed by atoms with Crippen molar-refractivity contribution >= 4 is 27.4 Å². The number of halogens is 1. The van der Waals surface area contributed by atoms with Crippen molar-refractivity contribution in [3.8, 4) is 0 Å². The summed E-state index contributed by atoms with van der Waals surface area (Å²) < 4.78 is 41.3. The minimum absolute atomic E-state index is 0.222. The van der Waals surface area contributed by atoms with Gasteiger partial charge < -0.3 is 5.32 Å². The number of anilines is 1. The molecule has 0 fully saturated rings. The second-order valence-electron chi connectivity index (χ2n) is 7.15. The average Bonchev–Trinajstić information content (AvgIpc) is 2.73. The van der Waals surface area contributed by atoms with Crippen molar-refractivity contribution in [3.63, 3.8) is 0 Å². The Labute approximate surface area is 180 Å². The number of hydrogen-bond donors (Lipinski definition) is 2. The van der Waals surface area contributed by atoms with Gasteiger partial charge in [0, 0.05) is 22.9 Å². The van der Waals surface area contributed by atoms with Crippen molar-refractivity contribution in [1.82, 2.24) is 4.72 Å². The number of nitrogens with one attached hydrogen (secondary N) is 2. The van der Waals surface area contributed by atoms with E-state index < -0.39 is 27.3 Å². The molecule has 0 spiro atoms. The van der Waals surface area contributed by atoms with E-state index in [-0.39, 0.29) is 22.4 Å². The van der Waals surface area contributed by atoms with Gasteiger partial charge in [0.05, 0.1) is 10.5 Å². The summed E-state index contributed by atoms with van der Waals surface area (Å²) in [6.45, 7) is 3.30. The summed E-state index contributed by atoms with van der Waals surface area (Å²) in [6.07, 6.45) is 0. The van der Waals surface area contributed by atoms with Gasteiger partial charge in [0.2, 0.25) is 10.0 Å². The fourth-order valence-electron chi connectivity index (χ4n) is 2.92. The maximum Gasteiger partial charge on any atom is 0.258 e. The minimum Gasteiger partial charge on any atom is -0.322 e. The van der Waals surface area contributed by atoms with Crippen LogP contribution >= 0.6 is 0 Å². The average molecular weight is 440 g/mol. The number of sulfonamides is 1. The molecule has 3 aromatic carbocycles. The predicted molar refractivity (Wildman–Crippen MR) is 116 cm³/mol. The van der Waals surface area contributed by atoms with Gasteiger partial charge in [-0.05, 0) is 44.2 Å². The summed E-state index contributed by atoms with van der Waals surface area (Å²) in [7, 11) is -3.90. The van der Waals surface area contributed by atoms with Crippen molar-refractivity contribution in [1.29, 1.82) is 0 Å². The third kappa shape index (κ3) is 5.42. The number of ketones is 1. The Morgan fingerprint density at radius 1 is 0.871 bits per heavy atom. The molecule has 0 saturated carbocycles. The van der Waals surface area contributed by atoms with Crippen LogP contribution in [0.2, 0.25) is 0 Å². The lowest BCUT2D eigenvalue weighted by atomic mass is 10.0. The molecule has 0 saturated heterocycles. The zero-order valence-electron chi connectivity index (χ0n) is 16.9. The molecular weight excluding hydrogens is 419 g/mol. The lowest BCUT2D eigenvalue weighted by molar-refractivity contribution is 0.101. The highest BCUT2D eigenvalue weighted by molar-refractivity contribution is 7.89. The van der Waals surface area contributed by atoms with E-state index in [4.69, 9.17) is 0 Å². The lowest BCUT2D eigenvalue weighted by Crippen LogP contribution is -2.30. The third-order valence-electron chi connectivity index (χ3n) is 4.30. The standard InChI is InChI=1S/C23H21FN2O4S/c1-15(2)26-31(29,30)19-11-12-21(24)20(14-19)23(28)25-18-10-6-9-17(13-18)22(27)16-7-4-3-5-8-16/h3-15,26H,1-2H3,(H,25,28). The van der Waals surface area contributed by atoms with Crippen molar-refractivity contribution in [2.75, 3.05) is 5.32 Å². The van der Waals surface area contributed by atoms with Gasteiger partial charge in [0.15, 0.2) is 5.78 Å². The summed E-state index contributed by atoms with van der Waals surface area (Å²) in [5.41, 5.74) is 0.695. The summed E-state index contributed by atoms with van der Waals surface area (Å²) in [6, 6.07) is 17.5. The smallest absolute Gasteiger partial charge is 0.258 e. The first-order valence-electron chi connectivity index (χ1n) is 9.50. The van der Waals surface area contributed by atoms with Gasteiger partial charge in [0.25, 0.3) is 5.91 Å². The maximum atomic E-state index is 14.3. The Morgan fingerprint density at radius 3 is 2.23 bits per heavy atom. The first-order chi connectivity index (χ1) is 14.7. The van der Waals surface area contributed by atoms with E-state index in [2.05, 4.69) is 10.0 Å². The van der Waals surface area contributed by atoms with Crippen LogP contribution < -0.4 is 10.0 Å². The maximum absolute atomic E-state index is 14.3. The van der Waals surface area contributed by atoms with E-state index in [0.717, 1.165) is 18.2 Å². The second-order valence-corrected chi connectivity index (χ2v) is 8.86. The Bertz CT molecular complexity index is 1230. The molecule has 8 heteroatoms. The number of carbonyl (C=O) groups is 2. The Hall–Kier alpha value is -3.36. The number of amides is 1. The van der Waals surface area contributed by atoms with Crippen molar-refractivity contribution < 1.29 is 22.4 Å². The Morgan fingerprint density at radius 2 is 1.55 bits per heavy atom. The molecule has 0 atom stereocenters. The highest BCUT2D eigenvalue weighted by Crippen LogP contribution is 2.19. The molecule has 0 aliphatic carbocycles. The Balaban J connectivity index is 1.85. The molecule has 0 heterocycles. The monoisotopic (exact) mass is 440 g/mol. The third-order valence-corrected chi connectivity index (χ3v) is 5.96. The van der Waals surface area contributed by atoms with E-state index in [0.29, 0.717) is 11.1 Å². The summed E-state index contributed by atoms with van der Waals surface area (Å²) >= 11 is 0.